The topological polar surface area (TPSA) is 35.9 Å². The summed E-state index contributed by atoms with van der Waals surface area (Å²) in [5.41, 5.74) is 0.574. The summed E-state index contributed by atoms with van der Waals surface area (Å²) in [5, 5.41) is 9.85. The Morgan fingerprint density at radius 1 is 1.41 bits per heavy atom. The molecule has 0 aliphatic carbocycles. The van der Waals surface area contributed by atoms with Gasteiger partial charge in [-0.15, -0.1) is 0 Å². The first-order chi connectivity index (χ1) is 10.5. The quantitative estimate of drug-likeness (QED) is 0.871. The summed E-state index contributed by atoms with van der Waals surface area (Å²) in [4.78, 5) is 4.36. The van der Waals surface area contributed by atoms with Crippen molar-refractivity contribution in [3.8, 4) is 5.75 Å². The fraction of sp³-hybridized carbons (Fsp3) is 0.647. The lowest BCUT2D eigenvalue weighted by Crippen LogP contribution is -2.49. The summed E-state index contributed by atoms with van der Waals surface area (Å²) in [6.07, 6.45) is 2.05. The van der Waals surface area contributed by atoms with Crippen LogP contribution in [0, 0.1) is 11.2 Å². The van der Waals surface area contributed by atoms with Crippen molar-refractivity contribution in [2.45, 2.75) is 19.4 Å². The molecule has 22 heavy (non-hydrogen) atoms. The van der Waals surface area contributed by atoms with E-state index in [4.69, 9.17) is 4.74 Å². The standard InChI is InChI=1S/C17H27FN2O2/c1-19(2)11-17(13-21)7-4-8-20(12-17)10-14-5-6-15(22-3)9-16(14)18/h5-6,9,21H,4,7-8,10-13H2,1-3H3. The van der Waals surface area contributed by atoms with Gasteiger partial charge in [0, 0.05) is 36.7 Å². The van der Waals surface area contributed by atoms with Crippen LogP contribution in [0.1, 0.15) is 18.4 Å². The van der Waals surface area contributed by atoms with Gasteiger partial charge in [-0.3, -0.25) is 4.90 Å². The number of methoxy groups -OCH3 is 1. The molecule has 2 rings (SSSR count). The van der Waals surface area contributed by atoms with E-state index in [1.807, 2.05) is 14.1 Å². The average molecular weight is 310 g/mol. The molecule has 1 aromatic rings. The molecule has 1 unspecified atom stereocenters. The third-order valence-corrected chi connectivity index (χ3v) is 4.38. The zero-order valence-corrected chi connectivity index (χ0v) is 13.8. The van der Waals surface area contributed by atoms with Gasteiger partial charge in [-0.2, -0.15) is 0 Å². The van der Waals surface area contributed by atoms with Crippen molar-refractivity contribution in [2.24, 2.45) is 5.41 Å². The fourth-order valence-electron chi connectivity index (χ4n) is 3.45. The Hall–Kier alpha value is -1.17. The van der Waals surface area contributed by atoms with E-state index in [2.05, 4.69) is 9.80 Å². The van der Waals surface area contributed by atoms with E-state index in [0.29, 0.717) is 17.9 Å². The Kier molecular flexibility index (Phi) is 5.78. The van der Waals surface area contributed by atoms with Gasteiger partial charge >= 0.3 is 0 Å². The van der Waals surface area contributed by atoms with Crippen LogP contribution in [0.5, 0.6) is 5.75 Å². The molecule has 1 fully saturated rings. The number of nitrogens with zero attached hydrogens (tertiary/aromatic N) is 2. The fourth-order valence-corrected chi connectivity index (χ4v) is 3.45. The normalized spacial score (nSPS) is 23.0. The minimum atomic E-state index is -0.230. The molecular formula is C17H27FN2O2. The summed E-state index contributed by atoms with van der Waals surface area (Å²) < 4.78 is 19.2. The second-order valence-corrected chi connectivity index (χ2v) is 6.67. The molecule has 0 radical (unpaired) electrons. The maximum Gasteiger partial charge on any atom is 0.131 e. The summed E-state index contributed by atoms with van der Waals surface area (Å²) >= 11 is 0. The lowest BCUT2D eigenvalue weighted by Gasteiger charge is -2.43. The summed E-state index contributed by atoms with van der Waals surface area (Å²) in [5.74, 6) is 0.310. The molecule has 0 bridgehead atoms. The first-order valence-corrected chi connectivity index (χ1v) is 7.78. The van der Waals surface area contributed by atoms with E-state index in [0.717, 1.165) is 32.5 Å². The van der Waals surface area contributed by atoms with Gasteiger partial charge in [0.15, 0.2) is 0 Å². The second-order valence-electron chi connectivity index (χ2n) is 6.67. The summed E-state index contributed by atoms with van der Waals surface area (Å²) in [6, 6.07) is 5.01. The third-order valence-electron chi connectivity index (χ3n) is 4.38. The first-order valence-electron chi connectivity index (χ1n) is 7.78. The SMILES string of the molecule is COc1ccc(CN2CCCC(CO)(CN(C)C)C2)c(F)c1. The van der Waals surface area contributed by atoms with Crippen LogP contribution >= 0.6 is 0 Å². The van der Waals surface area contributed by atoms with Gasteiger partial charge in [-0.25, -0.2) is 4.39 Å². The van der Waals surface area contributed by atoms with Gasteiger partial charge in [0.1, 0.15) is 11.6 Å². The highest BCUT2D eigenvalue weighted by Gasteiger charge is 2.35. The predicted octanol–water partition coefficient (Wildman–Crippen LogP) is 1.97. The highest BCUT2D eigenvalue weighted by Crippen LogP contribution is 2.31. The molecule has 4 nitrogen and oxygen atoms in total. The second kappa shape index (κ2) is 7.40. The summed E-state index contributed by atoms with van der Waals surface area (Å²) in [6.45, 7) is 3.34. The molecule has 0 amide bonds. The van der Waals surface area contributed by atoms with Gasteiger partial charge in [-0.05, 0) is 39.5 Å². The van der Waals surface area contributed by atoms with Crippen LogP contribution in [0.4, 0.5) is 4.39 Å². The molecule has 1 aliphatic heterocycles. The maximum atomic E-state index is 14.1. The van der Waals surface area contributed by atoms with Crippen LogP contribution in [-0.2, 0) is 6.54 Å². The minimum absolute atomic E-state index is 0.106. The number of aliphatic hydroxyl groups is 1. The van der Waals surface area contributed by atoms with E-state index in [-0.39, 0.29) is 17.8 Å². The van der Waals surface area contributed by atoms with Crippen molar-refractivity contribution in [1.82, 2.24) is 9.80 Å². The van der Waals surface area contributed by atoms with Crippen molar-refractivity contribution >= 4 is 0 Å². The summed E-state index contributed by atoms with van der Waals surface area (Å²) in [7, 11) is 5.59. The monoisotopic (exact) mass is 310 g/mol. The predicted molar refractivity (Wildman–Crippen MR) is 85.5 cm³/mol. The Labute approximate surface area is 132 Å². The Morgan fingerprint density at radius 2 is 2.18 bits per heavy atom. The molecule has 0 spiro atoms. The molecule has 1 aliphatic rings. The molecule has 0 saturated carbocycles. The van der Waals surface area contributed by atoms with Gasteiger partial charge in [0.05, 0.1) is 13.7 Å². The van der Waals surface area contributed by atoms with Crippen molar-refractivity contribution in [3.63, 3.8) is 0 Å². The van der Waals surface area contributed by atoms with E-state index in [9.17, 15) is 9.50 Å². The van der Waals surface area contributed by atoms with Crippen LogP contribution in [-0.4, -0.2) is 62.4 Å². The Balaban J connectivity index is 2.06. The number of piperidine rings is 1. The van der Waals surface area contributed by atoms with Crippen LogP contribution in [0.25, 0.3) is 0 Å². The average Bonchev–Trinajstić information content (AvgIpc) is 2.49. The molecule has 1 atom stereocenters. The molecule has 124 valence electrons. The number of rotatable bonds is 6. The van der Waals surface area contributed by atoms with Gasteiger partial charge in [0.25, 0.3) is 0 Å². The number of aliphatic hydroxyl groups excluding tert-OH is 1. The van der Waals surface area contributed by atoms with Crippen molar-refractivity contribution in [2.75, 3.05) is 47.4 Å². The molecule has 1 aromatic carbocycles. The highest BCUT2D eigenvalue weighted by molar-refractivity contribution is 5.28. The van der Waals surface area contributed by atoms with Gasteiger partial charge in [0.2, 0.25) is 0 Å². The number of ether oxygens (including phenoxy) is 1. The first kappa shape index (κ1) is 17.2. The van der Waals surface area contributed by atoms with E-state index < -0.39 is 0 Å². The van der Waals surface area contributed by atoms with Gasteiger partial charge in [-0.1, -0.05) is 6.07 Å². The lowest BCUT2D eigenvalue weighted by atomic mass is 9.80. The van der Waals surface area contributed by atoms with Crippen LogP contribution < -0.4 is 4.74 Å². The van der Waals surface area contributed by atoms with Crippen molar-refractivity contribution in [3.05, 3.63) is 29.6 Å². The van der Waals surface area contributed by atoms with E-state index >= 15 is 0 Å². The molecule has 0 aromatic heterocycles. The number of hydrogen-bond acceptors (Lipinski definition) is 4. The Morgan fingerprint density at radius 3 is 2.77 bits per heavy atom. The van der Waals surface area contributed by atoms with Crippen molar-refractivity contribution < 1.29 is 14.2 Å². The van der Waals surface area contributed by atoms with Crippen LogP contribution in [0.15, 0.2) is 18.2 Å². The Bertz CT molecular complexity index is 496. The number of likely N-dealkylation sites (tertiary alicyclic amines) is 1. The maximum absolute atomic E-state index is 14.1. The smallest absolute Gasteiger partial charge is 0.131 e. The molecule has 5 heteroatoms. The van der Waals surface area contributed by atoms with Gasteiger partial charge < -0.3 is 14.7 Å². The van der Waals surface area contributed by atoms with Crippen LogP contribution in [0.3, 0.4) is 0 Å². The highest BCUT2D eigenvalue weighted by atomic mass is 19.1. The zero-order chi connectivity index (χ0) is 16.2. The largest absolute Gasteiger partial charge is 0.497 e. The molecule has 1 saturated heterocycles. The third kappa shape index (κ3) is 4.18. The van der Waals surface area contributed by atoms with E-state index in [1.165, 1.54) is 13.2 Å². The minimum Gasteiger partial charge on any atom is -0.497 e. The van der Waals surface area contributed by atoms with Crippen LogP contribution in [0.2, 0.25) is 0 Å². The zero-order valence-electron chi connectivity index (χ0n) is 13.8. The van der Waals surface area contributed by atoms with Crippen molar-refractivity contribution in [1.29, 1.82) is 0 Å². The number of benzene rings is 1. The molecule has 1 heterocycles. The molecule has 1 N–H and O–H groups in total. The number of hydrogen-bond donors (Lipinski definition) is 1. The van der Waals surface area contributed by atoms with E-state index in [1.54, 1.807) is 12.1 Å². The number of halogens is 1. The molecular weight excluding hydrogens is 283 g/mol. The lowest BCUT2D eigenvalue weighted by molar-refractivity contribution is 0.0102.